The van der Waals surface area contributed by atoms with Gasteiger partial charge in [0.2, 0.25) is 0 Å². The highest BCUT2D eigenvalue weighted by atomic mass is 16.5. The zero-order valence-electron chi connectivity index (χ0n) is 11.4. The van der Waals surface area contributed by atoms with Crippen molar-refractivity contribution in [2.75, 3.05) is 13.2 Å². The van der Waals surface area contributed by atoms with Gasteiger partial charge in [-0.2, -0.15) is 0 Å². The fraction of sp³-hybridized carbons (Fsp3) is 0.375. The molecule has 0 unspecified atom stereocenters. The molecule has 0 aliphatic rings. The molecular weight excluding hydrogens is 238 g/mol. The van der Waals surface area contributed by atoms with Gasteiger partial charge in [-0.15, -0.1) is 0 Å². The Balaban J connectivity index is 1.68. The second-order valence-corrected chi connectivity index (χ2v) is 4.50. The minimum absolute atomic E-state index is 0.779. The average Bonchev–Trinajstić information content (AvgIpc) is 2.96. The van der Waals surface area contributed by atoms with Gasteiger partial charge in [-0.05, 0) is 36.2 Å². The molecule has 2 rings (SSSR count). The van der Waals surface area contributed by atoms with Crippen molar-refractivity contribution >= 4 is 0 Å². The number of benzene rings is 1. The molecule has 0 aliphatic heterocycles. The summed E-state index contributed by atoms with van der Waals surface area (Å²) in [4.78, 5) is 0. The first-order valence-corrected chi connectivity index (χ1v) is 6.83. The predicted molar refractivity (Wildman–Crippen MR) is 76.3 cm³/mol. The highest BCUT2D eigenvalue weighted by molar-refractivity contribution is 5.27. The van der Waals surface area contributed by atoms with E-state index in [1.54, 1.807) is 6.26 Å². The lowest BCUT2D eigenvalue weighted by Crippen LogP contribution is -2.16. The third kappa shape index (κ3) is 4.79. The third-order valence-electron chi connectivity index (χ3n) is 2.85. The Bertz CT molecular complexity index is 448. The minimum atomic E-state index is 0.779. The van der Waals surface area contributed by atoms with E-state index in [1.165, 1.54) is 5.56 Å². The van der Waals surface area contributed by atoms with Gasteiger partial charge in [0.05, 0.1) is 12.9 Å². The Morgan fingerprint density at radius 1 is 1.16 bits per heavy atom. The van der Waals surface area contributed by atoms with E-state index in [0.717, 1.165) is 44.0 Å². The van der Waals surface area contributed by atoms with Crippen molar-refractivity contribution in [1.29, 1.82) is 0 Å². The summed E-state index contributed by atoms with van der Waals surface area (Å²) in [5.74, 6) is 1.97. The lowest BCUT2D eigenvalue weighted by atomic mass is 10.2. The van der Waals surface area contributed by atoms with Crippen LogP contribution < -0.4 is 10.1 Å². The highest BCUT2D eigenvalue weighted by Crippen LogP contribution is 2.12. The summed E-state index contributed by atoms with van der Waals surface area (Å²) in [6, 6.07) is 12.2. The van der Waals surface area contributed by atoms with E-state index in [1.807, 2.05) is 24.3 Å². The molecule has 0 fully saturated rings. The van der Waals surface area contributed by atoms with E-state index in [0.29, 0.717) is 0 Å². The smallest absolute Gasteiger partial charge is 0.119 e. The number of furan rings is 1. The van der Waals surface area contributed by atoms with Gasteiger partial charge in [-0.1, -0.05) is 19.1 Å². The van der Waals surface area contributed by atoms with E-state index < -0.39 is 0 Å². The van der Waals surface area contributed by atoms with Crippen molar-refractivity contribution < 1.29 is 9.15 Å². The molecule has 0 aliphatic carbocycles. The minimum Gasteiger partial charge on any atom is -0.494 e. The number of ether oxygens (including phenoxy) is 1. The molecule has 2 aromatic rings. The van der Waals surface area contributed by atoms with Gasteiger partial charge in [0.15, 0.2) is 0 Å². The number of rotatable bonds is 8. The van der Waals surface area contributed by atoms with Gasteiger partial charge in [-0.3, -0.25) is 0 Å². The molecule has 0 bridgehead atoms. The summed E-state index contributed by atoms with van der Waals surface area (Å²) in [6.45, 7) is 4.68. The van der Waals surface area contributed by atoms with E-state index in [2.05, 4.69) is 24.4 Å². The first-order chi connectivity index (χ1) is 9.38. The monoisotopic (exact) mass is 259 g/mol. The molecular formula is C16H21NO2. The summed E-state index contributed by atoms with van der Waals surface area (Å²) < 4.78 is 10.8. The molecule has 19 heavy (non-hydrogen) atoms. The molecule has 1 aromatic heterocycles. The molecule has 3 nitrogen and oxygen atoms in total. The average molecular weight is 259 g/mol. The van der Waals surface area contributed by atoms with E-state index in [9.17, 15) is 0 Å². The summed E-state index contributed by atoms with van der Waals surface area (Å²) >= 11 is 0. The fourth-order valence-electron chi connectivity index (χ4n) is 1.82. The van der Waals surface area contributed by atoms with E-state index >= 15 is 0 Å². The largest absolute Gasteiger partial charge is 0.494 e. The number of hydrogen-bond donors (Lipinski definition) is 1. The van der Waals surface area contributed by atoms with E-state index in [-0.39, 0.29) is 0 Å². The molecule has 0 radical (unpaired) electrons. The highest BCUT2D eigenvalue weighted by Gasteiger charge is 1.97. The van der Waals surface area contributed by atoms with Crippen LogP contribution in [0.4, 0.5) is 0 Å². The van der Waals surface area contributed by atoms with Crippen molar-refractivity contribution in [3.63, 3.8) is 0 Å². The maximum absolute atomic E-state index is 5.55. The maximum Gasteiger partial charge on any atom is 0.119 e. The lowest BCUT2D eigenvalue weighted by Gasteiger charge is -2.07. The van der Waals surface area contributed by atoms with Crippen LogP contribution in [0.5, 0.6) is 5.75 Å². The standard InChI is InChI=1S/C16H21NO2/c1-2-11-18-16-7-5-14(6-8-16)13-17-10-9-15-4-3-12-19-15/h3-8,12,17H,2,9-11,13H2,1H3. The molecule has 3 heteroatoms. The Labute approximate surface area is 114 Å². The van der Waals surface area contributed by atoms with Gasteiger partial charge in [0, 0.05) is 19.5 Å². The Morgan fingerprint density at radius 3 is 2.68 bits per heavy atom. The fourth-order valence-corrected chi connectivity index (χ4v) is 1.82. The SMILES string of the molecule is CCCOc1ccc(CNCCc2ccco2)cc1. The van der Waals surface area contributed by atoms with Crippen LogP contribution in [0.2, 0.25) is 0 Å². The van der Waals surface area contributed by atoms with Gasteiger partial charge >= 0.3 is 0 Å². The van der Waals surface area contributed by atoms with Crippen molar-refractivity contribution in [1.82, 2.24) is 5.32 Å². The summed E-state index contributed by atoms with van der Waals surface area (Å²) in [7, 11) is 0. The predicted octanol–water partition coefficient (Wildman–Crippen LogP) is 3.40. The summed E-state index contributed by atoms with van der Waals surface area (Å²) in [5, 5.41) is 3.40. The topological polar surface area (TPSA) is 34.4 Å². The zero-order valence-corrected chi connectivity index (χ0v) is 11.4. The lowest BCUT2D eigenvalue weighted by molar-refractivity contribution is 0.317. The molecule has 0 atom stereocenters. The van der Waals surface area contributed by atoms with Crippen LogP contribution in [-0.4, -0.2) is 13.2 Å². The van der Waals surface area contributed by atoms with Crippen LogP contribution in [0, 0.1) is 0 Å². The Kier molecular flexibility index (Phi) is 5.50. The van der Waals surface area contributed by atoms with E-state index in [4.69, 9.17) is 9.15 Å². The van der Waals surface area contributed by atoms with Crippen molar-refractivity contribution in [2.24, 2.45) is 0 Å². The maximum atomic E-state index is 5.55. The van der Waals surface area contributed by atoms with Gasteiger partial charge in [-0.25, -0.2) is 0 Å². The van der Waals surface area contributed by atoms with Crippen LogP contribution >= 0.6 is 0 Å². The quantitative estimate of drug-likeness (QED) is 0.738. The van der Waals surface area contributed by atoms with Crippen LogP contribution in [0.25, 0.3) is 0 Å². The molecule has 0 spiro atoms. The second-order valence-electron chi connectivity index (χ2n) is 4.50. The summed E-state index contributed by atoms with van der Waals surface area (Å²) in [5.41, 5.74) is 1.27. The van der Waals surface area contributed by atoms with Crippen LogP contribution in [0.3, 0.4) is 0 Å². The number of nitrogens with one attached hydrogen (secondary N) is 1. The molecule has 0 amide bonds. The Hall–Kier alpha value is -1.74. The van der Waals surface area contributed by atoms with Gasteiger partial charge in [0.25, 0.3) is 0 Å². The first-order valence-electron chi connectivity index (χ1n) is 6.83. The van der Waals surface area contributed by atoms with Gasteiger partial charge < -0.3 is 14.5 Å². The van der Waals surface area contributed by atoms with Gasteiger partial charge in [0.1, 0.15) is 11.5 Å². The molecule has 0 saturated carbocycles. The van der Waals surface area contributed by atoms with Crippen molar-refractivity contribution in [2.45, 2.75) is 26.3 Å². The third-order valence-corrected chi connectivity index (χ3v) is 2.85. The molecule has 102 valence electrons. The Morgan fingerprint density at radius 2 is 2.00 bits per heavy atom. The molecule has 1 N–H and O–H groups in total. The van der Waals surface area contributed by atoms with Crippen LogP contribution in [-0.2, 0) is 13.0 Å². The number of hydrogen-bond acceptors (Lipinski definition) is 3. The zero-order chi connectivity index (χ0) is 13.3. The molecule has 0 saturated heterocycles. The first kappa shape index (κ1) is 13.7. The molecule has 1 aromatic carbocycles. The van der Waals surface area contributed by atoms with Crippen molar-refractivity contribution in [3.05, 3.63) is 54.0 Å². The van der Waals surface area contributed by atoms with Crippen LogP contribution in [0.15, 0.2) is 47.1 Å². The van der Waals surface area contributed by atoms with Crippen molar-refractivity contribution in [3.8, 4) is 5.75 Å². The van der Waals surface area contributed by atoms with Crippen LogP contribution in [0.1, 0.15) is 24.7 Å². The normalized spacial score (nSPS) is 10.6. The summed E-state index contributed by atoms with van der Waals surface area (Å²) in [6.07, 6.45) is 3.67. The molecule has 1 heterocycles. The second kappa shape index (κ2) is 7.64.